The van der Waals surface area contributed by atoms with E-state index in [-0.39, 0.29) is 5.69 Å². The highest BCUT2D eigenvalue weighted by molar-refractivity contribution is 7.98. The maximum atomic E-state index is 11.0. The Morgan fingerprint density at radius 2 is 2.00 bits per heavy atom. The van der Waals surface area contributed by atoms with Crippen LogP contribution in [0.4, 0.5) is 0 Å². The summed E-state index contributed by atoms with van der Waals surface area (Å²) in [6, 6.07) is 6.47. The van der Waals surface area contributed by atoms with Gasteiger partial charge in [-0.3, -0.25) is 4.98 Å². The molecule has 1 aromatic carbocycles. The zero-order chi connectivity index (χ0) is 16.1. The van der Waals surface area contributed by atoms with Gasteiger partial charge < -0.3 is 4.74 Å². The van der Waals surface area contributed by atoms with E-state index in [1.807, 2.05) is 0 Å². The van der Waals surface area contributed by atoms with E-state index in [4.69, 9.17) is 4.74 Å². The molecule has 0 aliphatic heterocycles. The lowest BCUT2D eigenvalue weighted by atomic mass is 9.96. The molecule has 1 aromatic heterocycles. The second-order valence-corrected chi connectivity index (χ2v) is 6.77. The van der Waals surface area contributed by atoms with E-state index in [0.29, 0.717) is 29.4 Å². The van der Waals surface area contributed by atoms with Crippen LogP contribution in [0.1, 0.15) is 56.5 Å². The fraction of sp³-hybridized carbons (Fsp3) is 0.500. The molecule has 6 heteroatoms. The second kappa shape index (κ2) is 7.54. The molecule has 0 atom stereocenters. The Morgan fingerprint density at radius 3 is 2.59 bits per heavy atom. The third-order valence-electron chi connectivity index (χ3n) is 3.41. The number of aromatic nitrogens is 3. The molecule has 2 N–H and O–H groups in total. The standard InChI is InChI=1S/C16H23N3O2S/c1-10(2)12-5-6-13(11(3)4)14(7-12)21-9-22-8-15-17-16(20)19-18-15/h5-7,10-11H,8-9H2,1-4H3,(H2,17,18,19,20). The molecule has 0 amide bonds. The number of H-pyrrole nitrogens is 2. The van der Waals surface area contributed by atoms with Crippen molar-refractivity contribution in [2.45, 2.75) is 45.3 Å². The van der Waals surface area contributed by atoms with E-state index in [2.05, 4.69) is 61.1 Å². The van der Waals surface area contributed by atoms with Crippen LogP contribution in [0.3, 0.4) is 0 Å². The van der Waals surface area contributed by atoms with E-state index < -0.39 is 0 Å². The highest BCUT2D eigenvalue weighted by Gasteiger charge is 2.11. The van der Waals surface area contributed by atoms with Crippen molar-refractivity contribution in [3.05, 3.63) is 45.6 Å². The van der Waals surface area contributed by atoms with Gasteiger partial charge in [0.2, 0.25) is 0 Å². The van der Waals surface area contributed by atoms with Crippen LogP contribution in [0.5, 0.6) is 5.75 Å². The van der Waals surface area contributed by atoms with Crippen molar-refractivity contribution in [3.63, 3.8) is 0 Å². The van der Waals surface area contributed by atoms with E-state index in [1.165, 1.54) is 11.1 Å². The molecule has 22 heavy (non-hydrogen) atoms. The Bertz CT molecular complexity index is 661. The van der Waals surface area contributed by atoms with Gasteiger partial charge in [0.15, 0.2) is 0 Å². The van der Waals surface area contributed by atoms with Crippen LogP contribution >= 0.6 is 11.8 Å². The van der Waals surface area contributed by atoms with Gasteiger partial charge in [-0.2, -0.15) is 5.10 Å². The first-order valence-electron chi connectivity index (χ1n) is 7.45. The van der Waals surface area contributed by atoms with Crippen molar-refractivity contribution in [1.82, 2.24) is 15.2 Å². The van der Waals surface area contributed by atoms with E-state index >= 15 is 0 Å². The SMILES string of the molecule is CC(C)c1ccc(C(C)C)c(OCSCc2n[nH]c(=O)[nH]2)c1. The minimum atomic E-state index is -0.275. The molecule has 2 aromatic rings. The Kier molecular flexibility index (Phi) is 5.71. The quantitative estimate of drug-likeness (QED) is 0.603. The van der Waals surface area contributed by atoms with E-state index in [9.17, 15) is 4.79 Å². The summed E-state index contributed by atoms with van der Waals surface area (Å²) in [4.78, 5) is 13.6. The number of nitrogens with zero attached hydrogens (tertiary/aromatic N) is 1. The predicted octanol–water partition coefficient (Wildman–Crippen LogP) is 3.61. The van der Waals surface area contributed by atoms with Crippen molar-refractivity contribution < 1.29 is 4.74 Å². The van der Waals surface area contributed by atoms with Crippen LogP contribution in [0.25, 0.3) is 0 Å². The Morgan fingerprint density at radius 1 is 1.23 bits per heavy atom. The molecule has 120 valence electrons. The first-order valence-corrected chi connectivity index (χ1v) is 8.60. The maximum absolute atomic E-state index is 11.0. The summed E-state index contributed by atoms with van der Waals surface area (Å²) in [5.41, 5.74) is 2.22. The molecule has 0 radical (unpaired) electrons. The van der Waals surface area contributed by atoms with Crippen molar-refractivity contribution in [3.8, 4) is 5.75 Å². The summed E-state index contributed by atoms with van der Waals surface area (Å²) >= 11 is 1.57. The predicted molar refractivity (Wildman–Crippen MR) is 90.6 cm³/mol. The lowest BCUT2D eigenvalue weighted by Crippen LogP contribution is -2.02. The van der Waals surface area contributed by atoms with Gasteiger partial charge in [0, 0.05) is 0 Å². The van der Waals surface area contributed by atoms with Crippen LogP contribution in [-0.4, -0.2) is 21.1 Å². The zero-order valence-electron chi connectivity index (χ0n) is 13.5. The van der Waals surface area contributed by atoms with Gasteiger partial charge >= 0.3 is 5.69 Å². The number of hydrogen-bond donors (Lipinski definition) is 2. The maximum Gasteiger partial charge on any atom is 0.340 e. The molecule has 0 unspecified atom stereocenters. The second-order valence-electron chi connectivity index (χ2n) is 5.84. The van der Waals surface area contributed by atoms with E-state index in [0.717, 1.165) is 5.75 Å². The zero-order valence-corrected chi connectivity index (χ0v) is 14.3. The van der Waals surface area contributed by atoms with Crippen molar-refractivity contribution in [2.24, 2.45) is 0 Å². The molecule has 0 fully saturated rings. The van der Waals surface area contributed by atoms with Crippen LogP contribution < -0.4 is 10.4 Å². The van der Waals surface area contributed by atoms with Crippen LogP contribution in [0, 0.1) is 0 Å². The average molecular weight is 321 g/mol. The number of hydrogen-bond acceptors (Lipinski definition) is 4. The third kappa shape index (κ3) is 4.40. The lowest BCUT2D eigenvalue weighted by Gasteiger charge is -2.16. The summed E-state index contributed by atoms with van der Waals surface area (Å²) in [5.74, 6) is 3.62. The van der Waals surface area contributed by atoms with Crippen molar-refractivity contribution in [2.75, 3.05) is 5.94 Å². The van der Waals surface area contributed by atoms with Crippen LogP contribution in [0.2, 0.25) is 0 Å². The lowest BCUT2D eigenvalue weighted by molar-refractivity contribution is 0.385. The van der Waals surface area contributed by atoms with Gasteiger partial charge in [0.1, 0.15) is 17.5 Å². The number of rotatable bonds is 7. The molecule has 0 aliphatic carbocycles. The van der Waals surface area contributed by atoms with E-state index in [1.54, 1.807) is 11.8 Å². The molecule has 0 spiro atoms. The minimum Gasteiger partial charge on any atom is -0.483 e. The minimum absolute atomic E-state index is 0.275. The van der Waals surface area contributed by atoms with Crippen LogP contribution in [-0.2, 0) is 5.75 Å². The monoisotopic (exact) mass is 321 g/mol. The number of aromatic amines is 2. The van der Waals surface area contributed by atoms with Gasteiger partial charge in [0.05, 0.1) is 5.75 Å². The number of benzene rings is 1. The first kappa shape index (κ1) is 16.7. The fourth-order valence-corrected chi connectivity index (χ4v) is 2.75. The summed E-state index contributed by atoms with van der Waals surface area (Å²) in [5, 5.41) is 6.23. The number of thioether (sulfide) groups is 1. The summed E-state index contributed by atoms with van der Waals surface area (Å²) in [6.45, 7) is 8.69. The van der Waals surface area contributed by atoms with Crippen molar-refractivity contribution >= 4 is 11.8 Å². The molecular weight excluding hydrogens is 298 g/mol. The Labute approximate surface area is 134 Å². The molecule has 0 aliphatic rings. The fourth-order valence-electron chi connectivity index (χ4n) is 2.13. The number of ether oxygens (including phenoxy) is 1. The van der Waals surface area contributed by atoms with Gasteiger partial charge in [-0.05, 0) is 29.0 Å². The summed E-state index contributed by atoms with van der Waals surface area (Å²) in [7, 11) is 0. The van der Waals surface area contributed by atoms with Gasteiger partial charge in [0.25, 0.3) is 0 Å². The molecule has 2 rings (SSSR count). The highest BCUT2D eigenvalue weighted by atomic mass is 32.2. The van der Waals surface area contributed by atoms with Gasteiger partial charge in [-0.15, -0.1) is 11.8 Å². The molecular formula is C16H23N3O2S. The smallest absolute Gasteiger partial charge is 0.340 e. The van der Waals surface area contributed by atoms with Gasteiger partial charge in [-0.25, -0.2) is 9.89 Å². The van der Waals surface area contributed by atoms with Crippen LogP contribution in [0.15, 0.2) is 23.0 Å². The Balaban J connectivity index is 1.98. The molecule has 1 heterocycles. The topological polar surface area (TPSA) is 70.8 Å². The average Bonchev–Trinajstić information content (AvgIpc) is 2.88. The highest BCUT2D eigenvalue weighted by Crippen LogP contribution is 2.30. The summed E-state index contributed by atoms with van der Waals surface area (Å²) in [6.07, 6.45) is 0. The molecule has 0 bridgehead atoms. The van der Waals surface area contributed by atoms with Crippen molar-refractivity contribution in [1.29, 1.82) is 0 Å². The normalized spacial score (nSPS) is 11.4. The first-order chi connectivity index (χ1) is 10.5. The third-order valence-corrected chi connectivity index (χ3v) is 4.18. The molecule has 5 nitrogen and oxygen atoms in total. The molecule has 0 saturated heterocycles. The molecule has 0 saturated carbocycles. The largest absolute Gasteiger partial charge is 0.483 e. The summed E-state index contributed by atoms with van der Waals surface area (Å²) < 4.78 is 5.95. The number of nitrogens with one attached hydrogen (secondary N) is 2. The Hall–Kier alpha value is -1.69. The van der Waals surface area contributed by atoms with Gasteiger partial charge in [-0.1, -0.05) is 39.8 Å².